The number of nitriles is 2. The number of nitrogens with two attached hydrogens (primary N) is 1. The summed E-state index contributed by atoms with van der Waals surface area (Å²) in [7, 11) is 0. The quantitative estimate of drug-likeness (QED) is 0.664. The van der Waals surface area contributed by atoms with E-state index in [1.165, 1.54) is 0 Å². The van der Waals surface area contributed by atoms with E-state index in [4.69, 9.17) is 16.3 Å². The summed E-state index contributed by atoms with van der Waals surface area (Å²) in [5, 5.41) is 17.9. The zero-order chi connectivity index (χ0) is 11.1. The minimum absolute atomic E-state index is 0.245. The highest BCUT2D eigenvalue weighted by Crippen LogP contribution is 2.65. The standard InChI is InChI=1S/C10H13N3O/c1-9(2,3)7-6(8(13)14)10(7,4-11)5-12/h6-7H,1-3H3,(H2,13,14)/t6-,7-/m1/s1. The van der Waals surface area contributed by atoms with Crippen LogP contribution in [0.3, 0.4) is 0 Å². The van der Waals surface area contributed by atoms with Gasteiger partial charge in [0.2, 0.25) is 5.91 Å². The minimum atomic E-state index is -1.19. The van der Waals surface area contributed by atoms with Crippen LogP contribution in [-0.2, 0) is 4.79 Å². The molecule has 4 nitrogen and oxygen atoms in total. The van der Waals surface area contributed by atoms with Gasteiger partial charge in [0.25, 0.3) is 0 Å². The number of amides is 1. The van der Waals surface area contributed by atoms with Gasteiger partial charge in [-0.3, -0.25) is 4.79 Å². The molecule has 0 unspecified atom stereocenters. The molecular weight excluding hydrogens is 178 g/mol. The van der Waals surface area contributed by atoms with Crippen molar-refractivity contribution in [3.63, 3.8) is 0 Å². The summed E-state index contributed by atoms with van der Waals surface area (Å²) < 4.78 is 0. The molecule has 0 aromatic carbocycles. The maximum Gasteiger partial charge on any atom is 0.223 e. The molecule has 0 bridgehead atoms. The molecule has 0 heterocycles. The van der Waals surface area contributed by atoms with Gasteiger partial charge in [0.05, 0.1) is 18.1 Å². The Morgan fingerprint density at radius 2 is 1.79 bits per heavy atom. The maximum atomic E-state index is 11.1. The molecule has 1 amide bonds. The molecule has 74 valence electrons. The predicted octanol–water partition coefficient (Wildman–Crippen LogP) is 0.797. The average Bonchev–Trinajstić information content (AvgIpc) is 2.73. The molecule has 1 rings (SSSR count). The second-order valence-electron chi connectivity index (χ2n) is 4.82. The van der Waals surface area contributed by atoms with Crippen molar-refractivity contribution in [1.82, 2.24) is 0 Å². The van der Waals surface area contributed by atoms with Gasteiger partial charge in [0, 0.05) is 5.92 Å². The van der Waals surface area contributed by atoms with E-state index in [-0.39, 0.29) is 11.3 Å². The summed E-state index contributed by atoms with van der Waals surface area (Å²) in [5.74, 6) is -1.41. The van der Waals surface area contributed by atoms with Gasteiger partial charge in [-0.1, -0.05) is 20.8 Å². The van der Waals surface area contributed by atoms with Gasteiger partial charge in [0.15, 0.2) is 5.41 Å². The van der Waals surface area contributed by atoms with Crippen molar-refractivity contribution in [3.05, 3.63) is 0 Å². The average molecular weight is 191 g/mol. The number of hydrogen-bond donors (Lipinski definition) is 1. The molecule has 0 aliphatic heterocycles. The summed E-state index contributed by atoms with van der Waals surface area (Å²) in [6.07, 6.45) is 0. The van der Waals surface area contributed by atoms with Crippen LogP contribution in [0.1, 0.15) is 20.8 Å². The Labute approximate surface area is 83.3 Å². The maximum absolute atomic E-state index is 11.1. The van der Waals surface area contributed by atoms with Crippen LogP contribution in [0.2, 0.25) is 0 Å². The van der Waals surface area contributed by atoms with Gasteiger partial charge in [0.1, 0.15) is 0 Å². The lowest BCUT2D eigenvalue weighted by atomic mass is 9.85. The van der Waals surface area contributed by atoms with Gasteiger partial charge in [-0.25, -0.2) is 0 Å². The molecular formula is C10H13N3O. The predicted molar refractivity (Wildman–Crippen MR) is 49.3 cm³/mol. The van der Waals surface area contributed by atoms with Crippen LogP contribution < -0.4 is 5.73 Å². The van der Waals surface area contributed by atoms with Gasteiger partial charge in [-0.05, 0) is 5.41 Å². The van der Waals surface area contributed by atoms with E-state index in [0.717, 1.165) is 0 Å². The molecule has 4 heteroatoms. The molecule has 1 fully saturated rings. The van der Waals surface area contributed by atoms with E-state index in [1.807, 2.05) is 32.9 Å². The highest BCUT2D eigenvalue weighted by Gasteiger charge is 2.73. The summed E-state index contributed by atoms with van der Waals surface area (Å²) in [6, 6.07) is 3.86. The van der Waals surface area contributed by atoms with Gasteiger partial charge < -0.3 is 5.73 Å². The van der Waals surface area contributed by atoms with E-state index in [1.54, 1.807) is 0 Å². The van der Waals surface area contributed by atoms with Crippen molar-refractivity contribution in [2.24, 2.45) is 28.4 Å². The van der Waals surface area contributed by atoms with Crippen LogP contribution in [0.4, 0.5) is 0 Å². The van der Waals surface area contributed by atoms with Crippen LogP contribution in [0.15, 0.2) is 0 Å². The first-order chi connectivity index (χ1) is 6.31. The number of carbonyl (C=O) groups excluding carboxylic acids is 1. The van der Waals surface area contributed by atoms with Crippen LogP contribution >= 0.6 is 0 Å². The number of carbonyl (C=O) groups is 1. The molecule has 0 aromatic heterocycles. The first kappa shape index (κ1) is 10.5. The molecule has 14 heavy (non-hydrogen) atoms. The van der Waals surface area contributed by atoms with Crippen molar-refractivity contribution < 1.29 is 4.79 Å². The number of hydrogen-bond acceptors (Lipinski definition) is 3. The largest absolute Gasteiger partial charge is 0.369 e. The molecule has 0 radical (unpaired) electrons. The Bertz CT molecular complexity index is 339. The summed E-state index contributed by atoms with van der Waals surface area (Å²) >= 11 is 0. The van der Waals surface area contributed by atoms with Crippen LogP contribution in [-0.4, -0.2) is 5.91 Å². The molecule has 2 N–H and O–H groups in total. The Morgan fingerprint density at radius 1 is 1.36 bits per heavy atom. The van der Waals surface area contributed by atoms with Crippen molar-refractivity contribution >= 4 is 5.91 Å². The Kier molecular flexibility index (Phi) is 2.04. The van der Waals surface area contributed by atoms with Gasteiger partial charge >= 0.3 is 0 Å². The lowest BCUT2D eigenvalue weighted by molar-refractivity contribution is -0.120. The molecule has 0 saturated heterocycles. The fourth-order valence-electron chi connectivity index (χ4n) is 2.26. The lowest BCUT2D eigenvalue weighted by Crippen LogP contribution is -2.19. The lowest BCUT2D eigenvalue weighted by Gasteiger charge is -2.17. The molecule has 1 aliphatic carbocycles. The number of primary amides is 1. The third kappa shape index (κ3) is 1.15. The molecule has 2 atom stereocenters. The van der Waals surface area contributed by atoms with Crippen LogP contribution in [0.25, 0.3) is 0 Å². The summed E-state index contributed by atoms with van der Waals surface area (Å²) in [5.41, 5.74) is 3.74. The van der Waals surface area contributed by atoms with E-state index in [2.05, 4.69) is 0 Å². The molecule has 1 aliphatic rings. The van der Waals surface area contributed by atoms with Crippen molar-refractivity contribution in [3.8, 4) is 12.1 Å². The molecule has 0 spiro atoms. The summed E-state index contributed by atoms with van der Waals surface area (Å²) in [4.78, 5) is 11.1. The van der Waals surface area contributed by atoms with E-state index in [9.17, 15) is 4.79 Å². The third-order valence-electron chi connectivity index (χ3n) is 2.81. The zero-order valence-electron chi connectivity index (χ0n) is 8.53. The second kappa shape index (κ2) is 2.72. The molecule has 1 saturated carbocycles. The van der Waals surface area contributed by atoms with Gasteiger partial charge in [-0.2, -0.15) is 10.5 Å². The highest BCUT2D eigenvalue weighted by molar-refractivity contribution is 5.84. The topological polar surface area (TPSA) is 90.7 Å². The Morgan fingerprint density at radius 3 is 1.86 bits per heavy atom. The van der Waals surface area contributed by atoms with E-state index < -0.39 is 17.2 Å². The first-order valence-corrected chi connectivity index (χ1v) is 4.43. The van der Waals surface area contributed by atoms with E-state index >= 15 is 0 Å². The third-order valence-corrected chi connectivity index (χ3v) is 2.81. The van der Waals surface area contributed by atoms with Crippen molar-refractivity contribution in [2.45, 2.75) is 20.8 Å². The molecule has 0 aromatic rings. The summed E-state index contributed by atoms with van der Waals surface area (Å²) in [6.45, 7) is 5.72. The van der Waals surface area contributed by atoms with E-state index in [0.29, 0.717) is 0 Å². The number of rotatable bonds is 1. The number of nitrogens with zero attached hydrogens (tertiary/aromatic N) is 2. The SMILES string of the molecule is CC(C)(C)[C@H]1[C@H](C(N)=O)C1(C#N)C#N. The normalized spacial score (nSPS) is 28.6. The fraction of sp³-hybridized carbons (Fsp3) is 0.700. The Hall–Kier alpha value is -1.55. The second-order valence-corrected chi connectivity index (χ2v) is 4.82. The van der Waals surface area contributed by atoms with Crippen molar-refractivity contribution in [2.75, 3.05) is 0 Å². The monoisotopic (exact) mass is 191 g/mol. The van der Waals surface area contributed by atoms with Crippen molar-refractivity contribution in [1.29, 1.82) is 10.5 Å². The minimum Gasteiger partial charge on any atom is -0.369 e. The first-order valence-electron chi connectivity index (χ1n) is 4.43. The van der Waals surface area contributed by atoms with Crippen LogP contribution in [0, 0.1) is 45.3 Å². The van der Waals surface area contributed by atoms with Gasteiger partial charge in [-0.15, -0.1) is 0 Å². The Balaban J connectivity index is 3.09. The highest BCUT2D eigenvalue weighted by atomic mass is 16.1. The smallest absolute Gasteiger partial charge is 0.223 e. The van der Waals surface area contributed by atoms with Crippen LogP contribution in [0.5, 0.6) is 0 Å². The fourth-order valence-corrected chi connectivity index (χ4v) is 2.26. The zero-order valence-corrected chi connectivity index (χ0v) is 8.53.